The maximum absolute atomic E-state index is 12.3. The van der Waals surface area contributed by atoms with Gasteiger partial charge in [-0.25, -0.2) is 4.98 Å². The lowest BCUT2D eigenvalue weighted by Crippen LogP contribution is -2.17. The minimum Gasteiger partial charge on any atom is -0.483 e. The van der Waals surface area contributed by atoms with E-state index in [1.165, 1.54) is 24.3 Å². The summed E-state index contributed by atoms with van der Waals surface area (Å²) in [5.74, 6) is 0.185. The molecule has 0 saturated heterocycles. The van der Waals surface area contributed by atoms with Gasteiger partial charge in [0, 0.05) is 6.07 Å². The SMILES string of the molecule is CC(Oc1cc(N)nc2n[nH]nc12)c1cccc(OC(F)(F)F)c1. The summed E-state index contributed by atoms with van der Waals surface area (Å²) in [5.41, 5.74) is 6.82. The minimum absolute atomic E-state index is 0.188. The van der Waals surface area contributed by atoms with E-state index < -0.39 is 12.5 Å². The molecular weight excluding hydrogens is 327 g/mol. The summed E-state index contributed by atoms with van der Waals surface area (Å²) >= 11 is 0. The third-order valence-corrected chi connectivity index (χ3v) is 3.14. The predicted molar refractivity (Wildman–Crippen MR) is 78.3 cm³/mol. The first-order valence-corrected chi connectivity index (χ1v) is 6.81. The number of hydrogen-bond donors (Lipinski definition) is 2. The number of aromatic amines is 1. The van der Waals surface area contributed by atoms with E-state index in [4.69, 9.17) is 10.5 Å². The van der Waals surface area contributed by atoms with Gasteiger partial charge in [0.25, 0.3) is 0 Å². The van der Waals surface area contributed by atoms with Crippen molar-refractivity contribution >= 4 is 17.0 Å². The fraction of sp³-hybridized carbons (Fsp3) is 0.214. The Bertz CT molecular complexity index is 865. The molecule has 1 atom stereocenters. The average molecular weight is 339 g/mol. The predicted octanol–water partition coefficient (Wildman–Crippen LogP) is 2.97. The highest BCUT2D eigenvalue weighted by atomic mass is 19.4. The number of halogens is 3. The van der Waals surface area contributed by atoms with E-state index >= 15 is 0 Å². The summed E-state index contributed by atoms with van der Waals surface area (Å²) in [7, 11) is 0. The van der Waals surface area contributed by atoms with E-state index in [-0.39, 0.29) is 17.2 Å². The molecule has 3 N–H and O–H groups in total. The fourth-order valence-electron chi connectivity index (χ4n) is 2.14. The average Bonchev–Trinajstić information content (AvgIpc) is 2.94. The quantitative estimate of drug-likeness (QED) is 0.758. The maximum Gasteiger partial charge on any atom is 0.573 e. The Hall–Kier alpha value is -3.04. The van der Waals surface area contributed by atoms with Gasteiger partial charge in [0.2, 0.25) is 5.65 Å². The molecule has 1 unspecified atom stereocenters. The van der Waals surface area contributed by atoms with Crippen LogP contribution in [0.1, 0.15) is 18.6 Å². The van der Waals surface area contributed by atoms with Crippen molar-refractivity contribution in [3.05, 3.63) is 35.9 Å². The van der Waals surface area contributed by atoms with Crippen LogP contribution >= 0.6 is 0 Å². The Morgan fingerprint density at radius 1 is 1.21 bits per heavy atom. The van der Waals surface area contributed by atoms with Crippen molar-refractivity contribution in [3.63, 3.8) is 0 Å². The van der Waals surface area contributed by atoms with Crippen LogP contribution < -0.4 is 15.2 Å². The molecule has 24 heavy (non-hydrogen) atoms. The second kappa shape index (κ2) is 5.87. The number of nitrogens with one attached hydrogen (secondary N) is 1. The van der Waals surface area contributed by atoms with Gasteiger partial charge in [-0.1, -0.05) is 12.1 Å². The maximum atomic E-state index is 12.3. The lowest BCUT2D eigenvalue weighted by Gasteiger charge is -2.17. The lowest BCUT2D eigenvalue weighted by atomic mass is 10.1. The zero-order valence-corrected chi connectivity index (χ0v) is 12.3. The van der Waals surface area contributed by atoms with Crippen LogP contribution in [-0.2, 0) is 0 Å². The van der Waals surface area contributed by atoms with Crippen LogP contribution in [0.2, 0.25) is 0 Å². The molecular formula is C14H12F3N5O2. The zero-order valence-electron chi connectivity index (χ0n) is 12.3. The van der Waals surface area contributed by atoms with E-state index in [0.717, 1.165) is 0 Å². The van der Waals surface area contributed by atoms with Gasteiger partial charge in [0.1, 0.15) is 17.7 Å². The van der Waals surface area contributed by atoms with Crippen molar-refractivity contribution in [3.8, 4) is 11.5 Å². The van der Waals surface area contributed by atoms with Gasteiger partial charge in [-0.3, -0.25) is 0 Å². The highest BCUT2D eigenvalue weighted by Gasteiger charge is 2.31. The van der Waals surface area contributed by atoms with Crippen LogP contribution in [0, 0.1) is 0 Å². The topological polar surface area (TPSA) is 98.9 Å². The number of nitrogens with zero attached hydrogens (tertiary/aromatic N) is 3. The highest BCUT2D eigenvalue weighted by molar-refractivity contribution is 5.78. The number of hydrogen-bond acceptors (Lipinski definition) is 6. The number of benzene rings is 1. The minimum atomic E-state index is -4.75. The third kappa shape index (κ3) is 3.47. The molecule has 1 aromatic carbocycles. The third-order valence-electron chi connectivity index (χ3n) is 3.14. The van der Waals surface area contributed by atoms with E-state index in [1.807, 2.05) is 0 Å². The Balaban J connectivity index is 1.85. The van der Waals surface area contributed by atoms with Crippen molar-refractivity contribution in [2.24, 2.45) is 0 Å². The van der Waals surface area contributed by atoms with Crippen molar-refractivity contribution in [1.29, 1.82) is 0 Å². The van der Waals surface area contributed by atoms with Gasteiger partial charge >= 0.3 is 6.36 Å². The number of nitrogens with two attached hydrogens (primary N) is 1. The number of pyridine rings is 1. The molecule has 0 bridgehead atoms. The van der Waals surface area contributed by atoms with Crippen molar-refractivity contribution < 1.29 is 22.6 Å². The first-order valence-electron chi connectivity index (χ1n) is 6.81. The summed E-state index contributed by atoms with van der Waals surface area (Å²) in [4.78, 5) is 3.98. The van der Waals surface area contributed by atoms with E-state index in [9.17, 15) is 13.2 Å². The normalized spacial score (nSPS) is 13.0. The molecule has 0 aliphatic heterocycles. The molecule has 0 aliphatic carbocycles. The monoisotopic (exact) mass is 339 g/mol. The van der Waals surface area contributed by atoms with Gasteiger partial charge in [-0.2, -0.15) is 10.3 Å². The zero-order chi connectivity index (χ0) is 17.3. The first-order chi connectivity index (χ1) is 11.3. The second-order valence-corrected chi connectivity index (χ2v) is 4.92. The van der Waals surface area contributed by atoms with E-state index in [1.54, 1.807) is 13.0 Å². The Morgan fingerprint density at radius 3 is 2.75 bits per heavy atom. The Kier molecular flexibility index (Phi) is 3.87. The summed E-state index contributed by atoms with van der Waals surface area (Å²) in [6, 6.07) is 7.01. The number of anilines is 1. The van der Waals surface area contributed by atoms with Crippen molar-refractivity contribution in [2.75, 3.05) is 5.73 Å². The lowest BCUT2D eigenvalue weighted by molar-refractivity contribution is -0.274. The number of fused-ring (bicyclic) bond motifs is 1. The number of aromatic nitrogens is 4. The first kappa shape index (κ1) is 15.8. The fourth-order valence-corrected chi connectivity index (χ4v) is 2.14. The van der Waals surface area contributed by atoms with E-state index in [2.05, 4.69) is 25.1 Å². The summed E-state index contributed by atoms with van der Waals surface area (Å²) in [6.07, 6.45) is -5.33. The number of ether oxygens (including phenoxy) is 2. The molecule has 10 heteroatoms. The molecule has 0 aliphatic rings. The number of alkyl halides is 3. The summed E-state index contributed by atoms with van der Waals surface area (Å²) in [5, 5.41) is 10.2. The van der Waals surface area contributed by atoms with Crippen LogP contribution in [0.25, 0.3) is 11.2 Å². The molecule has 0 radical (unpaired) electrons. The van der Waals surface area contributed by atoms with Gasteiger partial charge in [0.05, 0.1) is 0 Å². The van der Waals surface area contributed by atoms with E-state index in [0.29, 0.717) is 16.8 Å². The van der Waals surface area contributed by atoms with Crippen LogP contribution in [0.4, 0.5) is 19.0 Å². The Labute approximate surface area is 133 Å². The molecule has 2 aromatic heterocycles. The summed E-state index contributed by atoms with van der Waals surface area (Å²) < 4.78 is 46.6. The molecule has 0 fully saturated rings. The second-order valence-electron chi connectivity index (χ2n) is 4.92. The van der Waals surface area contributed by atoms with Crippen molar-refractivity contribution in [2.45, 2.75) is 19.4 Å². The number of nitrogen functional groups attached to an aromatic ring is 1. The van der Waals surface area contributed by atoms with Crippen molar-refractivity contribution in [1.82, 2.24) is 20.4 Å². The smallest absolute Gasteiger partial charge is 0.483 e. The number of H-pyrrole nitrogens is 1. The van der Waals surface area contributed by atoms with Gasteiger partial charge in [-0.05, 0) is 24.6 Å². The molecule has 126 valence electrons. The summed E-state index contributed by atoms with van der Waals surface area (Å²) in [6.45, 7) is 1.68. The van der Waals surface area contributed by atoms with Gasteiger partial charge in [-0.15, -0.1) is 18.3 Å². The molecule has 0 saturated carbocycles. The highest BCUT2D eigenvalue weighted by Crippen LogP contribution is 2.30. The Morgan fingerprint density at radius 2 is 2.00 bits per heavy atom. The van der Waals surface area contributed by atoms with Crippen LogP contribution in [-0.4, -0.2) is 26.8 Å². The molecule has 2 heterocycles. The molecule has 0 spiro atoms. The van der Waals surface area contributed by atoms with Crippen LogP contribution in [0.5, 0.6) is 11.5 Å². The standard InChI is InChI=1S/C14H12F3N5O2/c1-7(8-3-2-4-9(5-8)24-14(15,16)17)23-10-6-11(18)19-13-12(10)20-22-21-13/h2-7H,1H3,(H3,18,19,20,21,22). The number of rotatable bonds is 4. The van der Waals surface area contributed by atoms with Gasteiger partial charge in [0.15, 0.2) is 11.3 Å². The molecule has 7 nitrogen and oxygen atoms in total. The van der Waals surface area contributed by atoms with Gasteiger partial charge < -0.3 is 15.2 Å². The molecule has 3 aromatic rings. The largest absolute Gasteiger partial charge is 0.573 e. The molecule has 0 amide bonds. The van der Waals surface area contributed by atoms with Crippen LogP contribution in [0.3, 0.4) is 0 Å². The molecule has 3 rings (SSSR count). The van der Waals surface area contributed by atoms with Crippen LogP contribution in [0.15, 0.2) is 30.3 Å².